The molecule has 1 unspecified atom stereocenters. The van der Waals surface area contributed by atoms with Gasteiger partial charge < -0.3 is 14.5 Å². The Morgan fingerprint density at radius 1 is 1.18 bits per heavy atom. The highest BCUT2D eigenvalue weighted by Gasteiger charge is 2.36. The van der Waals surface area contributed by atoms with E-state index in [0.29, 0.717) is 64.4 Å². The van der Waals surface area contributed by atoms with E-state index in [-0.39, 0.29) is 5.92 Å². The number of oxime groups is 1. The van der Waals surface area contributed by atoms with Crippen LogP contribution in [0.2, 0.25) is 15.1 Å². The molecule has 0 saturated carbocycles. The largest absolute Gasteiger partial charge is 0.467 e. The molecular weight excluding hydrogens is 600 g/mol. The molecule has 0 N–H and O–H groups in total. The normalized spacial score (nSPS) is 18.2. The summed E-state index contributed by atoms with van der Waals surface area (Å²) in [5, 5.41) is 8.27. The van der Waals surface area contributed by atoms with Crippen molar-refractivity contribution < 1.29 is 27.5 Å². The molecule has 0 bridgehead atoms. The van der Waals surface area contributed by atoms with E-state index in [1.54, 1.807) is 17.0 Å². The molecule has 1 saturated heterocycles. The maximum Gasteiger partial charge on any atom is 0.421 e. The summed E-state index contributed by atoms with van der Waals surface area (Å²) in [6.07, 6.45) is -2.10. The molecule has 3 aromatic rings. The second kappa shape index (κ2) is 11.5. The summed E-state index contributed by atoms with van der Waals surface area (Å²) in [4.78, 5) is 28.2. The highest BCUT2D eigenvalue weighted by atomic mass is 35.5. The molecule has 5 rings (SSSR count). The minimum Gasteiger partial charge on any atom is -0.467 e. The summed E-state index contributed by atoms with van der Waals surface area (Å²) in [7, 11) is 0. The number of thiazole rings is 1. The maximum atomic E-state index is 13.1. The van der Waals surface area contributed by atoms with Crippen molar-refractivity contribution in [2.75, 3.05) is 19.7 Å². The van der Waals surface area contributed by atoms with Crippen molar-refractivity contribution in [2.24, 2.45) is 5.16 Å². The molecule has 0 radical (unpaired) electrons. The van der Waals surface area contributed by atoms with Crippen LogP contribution in [0.4, 0.5) is 13.2 Å². The average Bonchev–Trinajstić information content (AvgIpc) is 3.57. The Kier molecular flexibility index (Phi) is 8.23. The second-order valence-corrected chi connectivity index (χ2v) is 11.1. The Morgan fingerprint density at radius 2 is 1.90 bits per heavy atom. The monoisotopic (exact) mass is 618 g/mol. The Labute approximate surface area is 240 Å². The Hall–Kier alpha value is -2.60. The SMILES string of the molecule is O=C(COc1ncccc1C(F)(F)F)N1CCC(c2nc(C3=NOC(c4c(Cl)cc(Cl)cc4Cl)C3)cs2)CC1. The molecule has 206 valence electrons. The van der Waals surface area contributed by atoms with Crippen LogP contribution in [-0.2, 0) is 15.8 Å². The van der Waals surface area contributed by atoms with Gasteiger partial charge in [-0.1, -0.05) is 40.0 Å². The lowest BCUT2D eigenvalue weighted by Gasteiger charge is -2.31. The first-order chi connectivity index (χ1) is 18.6. The summed E-state index contributed by atoms with van der Waals surface area (Å²) in [6, 6.07) is 5.25. The van der Waals surface area contributed by atoms with Crippen molar-refractivity contribution in [1.82, 2.24) is 14.9 Å². The average molecular weight is 620 g/mol. The van der Waals surface area contributed by atoms with Crippen molar-refractivity contribution in [2.45, 2.75) is 37.5 Å². The number of carbonyl (C=O) groups excluding carboxylic acids is 1. The number of benzene rings is 1. The zero-order chi connectivity index (χ0) is 27.7. The predicted molar refractivity (Wildman–Crippen MR) is 142 cm³/mol. The molecule has 4 heterocycles. The van der Waals surface area contributed by atoms with Crippen LogP contribution in [0.1, 0.15) is 53.1 Å². The van der Waals surface area contributed by atoms with Gasteiger partial charge in [0.25, 0.3) is 5.91 Å². The fourth-order valence-corrected chi connectivity index (χ4v) is 6.53. The van der Waals surface area contributed by atoms with Crippen molar-refractivity contribution in [3.05, 3.63) is 72.7 Å². The number of alkyl halides is 3. The first-order valence-corrected chi connectivity index (χ1v) is 13.9. The Balaban J connectivity index is 1.14. The number of halogens is 6. The van der Waals surface area contributed by atoms with Crippen molar-refractivity contribution in [1.29, 1.82) is 0 Å². The van der Waals surface area contributed by atoms with Crippen LogP contribution in [0, 0.1) is 0 Å². The van der Waals surface area contributed by atoms with Crippen molar-refractivity contribution in [3.8, 4) is 5.88 Å². The molecular formula is C25H20Cl3F3N4O3S. The number of ether oxygens (including phenoxy) is 1. The predicted octanol–water partition coefficient (Wildman–Crippen LogP) is 7.17. The first-order valence-electron chi connectivity index (χ1n) is 11.9. The number of hydrogen-bond donors (Lipinski definition) is 0. The van der Waals surface area contributed by atoms with Crippen molar-refractivity contribution in [3.63, 3.8) is 0 Å². The number of hydrogen-bond acceptors (Lipinski definition) is 7. The molecule has 1 fully saturated rings. The van der Waals surface area contributed by atoms with Crippen LogP contribution in [0.3, 0.4) is 0 Å². The molecule has 1 aromatic carbocycles. The van der Waals surface area contributed by atoms with E-state index in [0.717, 1.165) is 11.1 Å². The molecule has 1 amide bonds. The zero-order valence-corrected chi connectivity index (χ0v) is 23.1. The minimum atomic E-state index is -4.62. The lowest BCUT2D eigenvalue weighted by Crippen LogP contribution is -2.40. The van der Waals surface area contributed by atoms with E-state index in [4.69, 9.17) is 49.4 Å². The quantitative estimate of drug-likeness (QED) is 0.293. The molecule has 2 aliphatic rings. The lowest BCUT2D eigenvalue weighted by molar-refractivity contribution is -0.141. The maximum absolute atomic E-state index is 13.1. The van der Waals surface area contributed by atoms with Crippen LogP contribution >= 0.6 is 46.1 Å². The van der Waals surface area contributed by atoms with Gasteiger partial charge in [0.05, 0.1) is 20.7 Å². The van der Waals surface area contributed by atoms with E-state index < -0.39 is 36.2 Å². The first kappa shape index (κ1) is 27.9. The fraction of sp³-hybridized carbons (Fsp3) is 0.360. The summed E-state index contributed by atoms with van der Waals surface area (Å²) in [5.74, 6) is -0.861. The number of carbonyl (C=O) groups is 1. The van der Waals surface area contributed by atoms with Gasteiger partial charge in [-0.3, -0.25) is 4.79 Å². The number of likely N-dealkylation sites (tertiary alicyclic amines) is 1. The van der Waals surface area contributed by atoms with Gasteiger partial charge in [0.15, 0.2) is 12.7 Å². The molecule has 14 heteroatoms. The van der Waals surface area contributed by atoms with Crippen LogP contribution < -0.4 is 4.74 Å². The number of amides is 1. The number of pyridine rings is 1. The van der Waals surface area contributed by atoms with Crippen molar-refractivity contribution >= 4 is 57.8 Å². The highest BCUT2D eigenvalue weighted by Crippen LogP contribution is 2.40. The third-order valence-electron chi connectivity index (χ3n) is 6.46. The molecule has 1 atom stereocenters. The standard InChI is InChI=1S/C25H20Cl3F3N4O3S/c26-14-8-16(27)22(17(28)9-14)20-10-18(34-38-20)19-12-39-24(33-19)13-3-6-35(7-4-13)21(36)11-37-23-15(25(29,30)31)2-1-5-32-23/h1-2,5,8-9,12-13,20H,3-4,6-7,10-11H2. The van der Waals surface area contributed by atoms with Crippen LogP contribution in [0.25, 0.3) is 0 Å². The lowest BCUT2D eigenvalue weighted by atomic mass is 9.97. The number of piperidine rings is 1. The van der Waals surface area contributed by atoms with E-state index in [9.17, 15) is 18.0 Å². The topological polar surface area (TPSA) is 76.9 Å². The third kappa shape index (κ3) is 6.26. The van der Waals surface area contributed by atoms with E-state index in [1.807, 2.05) is 5.38 Å². The Morgan fingerprint density at radius 3 is 2.59 bits per heavy atom. The number of rotatable bonds is 6. The van der Waals surface area contributed by atoms with Gasteiger partial charge in [0.1, 0.15) is 11.3 Å². The van der Waals surface area contributed by atoms with Gasteiger partial charge in [0.2, 0.25) is 5.88 Å². The van der Waals surface area contributed by atoms with Crippen LogP contribution in [0.15, 0.2) is 41.0 Å². The third-order valence-corrected chi connectivity index (χ3v) is 8.31. The summed E-state index contributed by atoms with van der Waals surface area (Å²) in [5.41, 5.74) is 0.998. The van der Waals surface area contributed by atoms with E-state index in [1.165, 1.54) is 23.6 Å². The smallest absolute Gasteiger partial charge is 0.421 e. The minimum absolute atomic E-state index is 0.139. The van der Waals surface area contributed by atoms with Gasteiger partial charge in [-0.05, 0) is 37.1 Å². The molecule has 7 nitrogen and oxygen atoms in total. The van der Waals surface area contributed by atoms with Gasteiger partial charge in [-0.2, -0.15) is 13.2 Å². The zero-order valence-electron chi connectivity index (χ0n) is 20.1. The molecule has 2 aromatic heterocycles. The van der Waals surface area contributed by atoms with Crippen LogP contribution in [-0.4, -0.2) is 46.2 Å². The molecule has 0 aliphatic carbocycles. The van der Waals surface area contributed by atoms with E-state index in [2.05, 4.69) is 10.1 Å². The fourth-order valence-electron chi connectivity index (χ4n) is 4.47. The molecule has 0 spiro atoms. The second-order valence-electron chi connectivity index (χ2n) is 8.99. The van der Waals surface area contributed by atoms with Crippen LogP contribution in [0.5, 0.6) is 5.88 Å². The van der Waals surface area contributed by atoms with Gasteiger partial charge >= 0.3 is 6.18 Å². The number of nitrogens with zero attached hydrogens (tertiary/aromatic N) is 4. The van der Waals surface area contributed by atoms with E-state index >= 15 is 0 Å². The molecule has 2 aliphatic heterocycles. The summed E-state index contributed by atoms with van der Waals surface area (Å²) in [6.45, 7) is 0.362. The highest BCUT2D eigenvalue weighted by molar-refractivity contribution is 7.10. The van der Waals surface area contributed by atoms with Gasteiger partial charge in [0, 0.05) is 47.6 Å². The Bertz CT molecular complexity index is 1390. The summed E-state index contributed by atoms with van der Waals surface area (Å²) >= 11 is 20.2. The van der Waals surface area contributed by atoms with Gasteiger partial charge in [-0.25, -0.2) is 9.97 Å². The molecule has 39 heavy (non-hydrogen) atoms. The van der Waals surface area contributed by atoms with Gasteiger partial charge in [-0.15, -0.1) is 11.3 Å². The number of aromatic nitrogens is 2. The summed E-state index contributed by atoms with van der Waals surface area (Å²) < 4.78 is 44.5.